The molecule has 0 aliphatic carbocycles. The second-order valence-electron chi connectivity index (χ2n) is 5.34. The van der Waals surface area contributed by atoms with Gasteiger partial charge in [0.2, 0.25) is 0 Å². The van der Waals surface area contributed by atoms with Crippen LogP contribution in [0.4, 0.5) is 0 Å². The van der Waals surface area contributed by atoms with Crippen molar-refractivity contribution in [3.05, 3.63) is 0 Å². The number of sulfone groups is 1. The van der Waals surface area contributed by atoms with E-state index in [9.17, 15) is 8.42 Å². The monoisotopic (exact) mass is 233 g/mol. The first kappa shape index (κ1) is 11.4. The predicted octanol–water partition coefficient (Wildman–Crippen LogP) is 0.332. The van der Waals surface area contributed by atoms with Crippen molar-refractivity contribution >= 4 is 9.84 Å². The molecule has 4 nitrogen and oxygen atoms in total. The van der Waals surface area contributed by atoms with Crippen LogP contribution in [0.15, 0.2) is 0 Å². The minimum atomic E-state index is -2.91. The summed E-state index contributed by atoms with van der Waals surface area (Å²) in [7, 11) is -2.91. The lowest BCUT2D eigenvalue weighted by Crippen LogP contribution is -2.62. The summed E-state index contributed by atoms with van der Waals surface area (Å²) < 4.78 is 29.3. The third-order valence-corrected chi connectivity index (χ3v) is 4.94. The number of hydrogen-bond acceptors (Lipinski definition) is 4. The van der Waals surface area contributed by atoms with Crippen LogP contribution in [0.1, 0.15) is 26.7 Å². The van der Waals surface area contributed by atoms with Crippen LogP contribution in [0.2, 0.25) is 0 Å². The molecule has 0 bridgehead atoms. The lowest BCUT2D eigenvalue weighted by atomic mass is 9.94. The second kappa shape index (κ2) is 3.43. The normalized spacial score (nSPS) is 39.1. The largest absolute Gasteiger partial charge is 0.365 e. The summed E-state index contributed by atoms with van der Waals surface area (Å²) in [6, 6.07) is 0. The molecule has 2 aliphatic rings. The van der Waals surface area contributed by atoms with Gasteiger partial charge in [-0.1, -0.05) is 0 Å². The average Bonchev–Trinajstić information content (AvgIpc) is 1.98. The van der Waals surface area contributed by atoms with Crippen LogP contribution in [0.3, 0.4) is 0 Å². The molecule has 2 aliphatic heterocycles. The van der Waals surface area contributed by atoms with Crippen LogP contribution in [0.5, 0.6) is 0 Å². The summed E-state index contributed by atoms with van der Waals surface area (Å²) >= 11 is 0. The molecule has 1 N–H and O–H groups in total. The fraction of sp³-hybridized carbons (Fsp3) is 1.00. The van der Waals surface area contributed by atoms with E-state index < -0.39 is 15.4 Å². The quantitative estimate of drug-likeness (QED) is 0.655. The van der Waals surface area contributed by atoms with Crippen LogP contribution in [0, 0.1) is 0 Å². The first-order chi connectivity index (χ1) is 6.83. The van der Waals surface area contributed by atoms with Crippen molar-refractivity contribution in [3.8, 4) is 0 Å². The molecule has 0 amide bonds. The molecule has 0 saturated carbocycles. The van der Waals surface area contributed by atoms with Gasteiger partial charge >= 0.3 is 0 Å². The van der Waals surface area contributed by atoms with E-state index in [4.69, 9.17) is 4.74 Å². The van der Waals surface area contributed by atoms with Crippen molar-refractivity contribution < 1.29 is 13.2 Å². The van der Waals surface area contributed by atoms with Crippen molar-refractivity contribution in [1.29, 1.82) is 0 Å². The van der Waals surface area contributed by atoms with E-state index >= 15 is 0 Å². The molecule has 1 unspecified atom stereocenters. The highest BCUT2D eigenvalue weighted by Gasteiger charge is 2.45. The highest BCUT2D eigenvalue weighted by Crippen LogP contribution is 2.33. The lowest BCUT2D eigenvalue weighted by Gasteiger charge is -2.47. The average molecular weight is 233 g/mol. The van der Waals surface area contributed by atoms with Crippen LogP contribution in [0.25, 0.3) is 0 Å². The molecular weight excluding hydrogens is 214 g/mol. The van der Waals surface area contributed by atoms with Crippen molar-refractivity contribution in [3.63, 3.8) is 0 Å². The zero-order chi connectivity index (χ0) is 11.2. The van der Waals surface area contributed by atoms with E-state index in [-0.39, 0.29) is 11.4 Å². The summed E-state index contributed by atoms with van der Waals surface area (Å²) in [5, 5.41) is 3.28. The Morgan fingerprint density at radius 3 is 2.60 bits per heavy atom. The van der Waals surface area contributed by atoms with E-state index in [1.807, 2.05) is 13.8 Å². The second-order valence-corrected chi connectivity index (χ2v) is 7.53. The topological polar surface area (TPSA) is 55.4 Å². The maximum Gasteiger partial charge on any atom is 0.153 e. The fourth-order valence-electron chi connectivity index (χ4n) is 2.63. The maximum atomic E-state index is 11.6. The minimum absolute atomic E-state index is 0.177. The van der Waals surface area contributed by atoms with E-state index in [2.05, 4.69) is 5.32 Å². The van der Waals surface area contributed by atoms with Gasteiger partial charge in [0, 0.05) is 13.1 Å². The number of hydrogen-bond donors (Lipinski definition) is 1. The third kappa shape index (κ3) is 2.52. The van der Waals surface area contributed by atoms with Crippen molar-refractivity contribution in [2.24, 2.45) is 0 Å². The first-order valence-electron chi connectivity index (χ1n) is 5.44. The molecule has 0 aromatic heterocycles. The van der Waals surface area contributed by atoms with E-state index in [1.54, 1.807) is 0 Å². The molecule has 2 fully saturated rings. The number of nitrogens with one attached hydrogen (secondary N) is 1. The Bertz CT molecular complexity index is 346. The fourth-order valence-corrected chi connectivity index (χ4v) is 4.46. The Labute approximate surface area is 91.3 Å². The standard InChI is InChI=1S/C10H19NO3S/c1-9(2)6-11-7-10(14-9)4-3-5-15(12,13)8-10/h11H,3-8H2,1-2H3. The van der Waals surface area contributed by atoms with Gasteiger partial charge in [-0.3, -0.25) is 0 Å². The van der Waals surface area contributed by atoms with Gasteiger partial charge in [0.15, 0.2) is 9.84 Å². The Hall–Kier alpha value is -0.130. The Balaban J connectivity index is 2.19. The van der Waals surface area contributed by atoms with Crippen LogP contribution in [-0.4, -0.2) is 44.2 Å². The minimum Gasteiger partial charge on any atom is -0.365 e. The van der Waals surface area contributed by atoms with Gasteiger partial charge in [0.05, 0.1) is 22.7 Å². The van der Waals surface area contributed by atoms with E-state index in [0.717, 1.165) is 19.4 Å². The molecule has 5 heteroatoms. The molecule has 2 heterocycles. The highest BCUT2D eigenvalue weighted by atomic mass is 32.2. The van der Waals surface area contributed by atoms with Gasteiger partial charge in [-0.15, -0.1) is 0 Å². The highest BCUT2D eigenvalue weighted by molar-refractivity contribution is 7.91. The maximum absolute atomic E-state index is 11.6. The molecule has 2 saturated heterocycles. The molecular formula is C10H19NO3S. The molecule has 0 radical (unpaired) electrons. The van der Waals surface area contributed by atoms with Crippen LogP contribution >= 0.6 is 0 Å². The Morgan fingerprint density at radius 1 is 1.27 bits per heavy atom. The van der Waals surface area contributed by atoms with Crippen molar-refractivity contribution in [2.45, 2.75) is 37.9 Å². The van der Waals surface area contributed by atoms with Gasteiger partial charge in [0.25, 0.3) is 0 Å². The van der Waals surface area contributed by atoms with Gasteiger partial charge in [-0.05, 0) is 26.7 Å². The lowest BCUT2D eigenvalue weighted by molar-refractivity contribution is -0.154. The third-order valence-electron chi connectivity index (χ3n) is 3.06. The summed E-state index contributed by atoms with van der Waals surface area (Å²) in [5.74, 6) is 0.495. The van der Waals surface area contributed by atoms with Crippen LogP contribution < -0.4 is 5.32 Å². The van der Waals surface area contributed by atoms with Gasteiger partial charge < -0.3 is 10.1 Å². The number of rotatable bonds is 0. The van der Waals surface area contributed by atoms with Gasteiger partial charge in [0.1, 0.15) is 0 Å². The van der Waals surface area contributed by atoms with E-state index in [1.165, 1.54) is 0 Å². The molecule has 88 valence electrons. The summed E-state index contributed by atoms with van der Waals surface area (Å²) in [5.41, 5.74) is -0.732. The van der Waals surface area contributed by atoms with Gasteiger partial charge in [-0.25, -0.2) is 8.42 Å². The zero-order valence-corrected chi connectivity index (χ0v) is 10.2. The molecule has 0 aromatic carbocycles. The van der Waals surface area contributed by atoms with E-state index in [0.29, 0.717) is 12.3 Å². The molecule has 0 aromatic rings. The van der Waals surface area contributed by atoms with Crippen molar-refractivity contribution in [1.82, 2.24) is 5.32 Å². The predicted molar refractivity (Wildman–Crippen MR) is 58.7 cm³/mol. The number of morpholine rings is 1. The van der Waals surface area contributed by atoms with Crippen LogP contribution in [-0.2, 0) is 14.6 Å². The molecule has 1 atom stereocenters. The Morgan fingerprint density at radius 2 is 2.00 bits per heavy atom. The SMILES string of the molecule is CC1(C)CNCC2(CCCS(=O)(=O)C2)O1. The first-order valence-corrected chi connectivity index (χ1v) is 7.26. The summed E-state index contributed by atoms with van der Waals surface area (Å²) in [6.45, 7) is 5.45. The molecule has 1 spiro atoms. The zero-order valence-electron chi connectivity index (χ0n) is 9.38. The molecule has 2 rings (SSSR count). The summed E-state index contributed by atoms with van der Waals surface area (Å²) in [4.78, 5) is 0. The van der Waals surface area contributed by atoms with Gasteiger partial charge in [-0.2, -0.15) is 0 Å². The Kier molecular flexibility index (Phi) is 2.60. The summed E-state index contributed by atoms with van der Waals surface area (Å²) in [6.07, 6.45) is 1.57. The van der Waals surface area contributed by atoms with Crippen molar-refractivity contribution in [2.75, 3.05) is 24.6 Å². The smallest absolute Gasteiger partial charge is 0.153 e. The molecule has 15 heavy (non-hydrogen) atoms. The number of ether oxygens (including phenoxy) is 1.